The van der Waals surface area contributed by atoms with Crippen LogP contribution in [0.3, 0.4) is 0 Å². The highest BCUT2D eigenvalue weighted by Crippen LogP contribution is 2.25. The summed E-state index contributed by atoms with van der Waals surface area (Å²) in [5.74, 6) is -0.166. The van der Waals surface area contributed by atoms with Gasteiger partial charge in [0.1, 0.15) is 0 Å². The molecule has 3 aromatic carbocycles. The average Bonchev–Trinajstić information content (AvgIpc) is 2.81. The summed E-state index contributed by atoms with van der Waals surface area (Å²) in [6.45, 7) is 1.99. The standard InChI is InChI=1S/C18H19Cl2N3O3S2.C6H6/c1-2-3-7-17(24)21-12-5-4-6-14(10-12)28(25,26)23-18(27)22-13-8-9-15(19)16(20)11-13;1-2-4-6-5-3-1/h4-6,8-11H,2-3,7H2,1H3,(H,21,24)(H2,22,23,27);1-6H. The van der Waals surface area contributed by atoms with Gasteiger partial charge in [0.15, 0.2) is 5.11 Å². The molecule has 34 heavy (non-hydrogen) atoms. The van der Waals surface area contributed by atoms with E-state index in [1.165, 1.54) is 18.2 Å². The molecule has 3 rings (SSSR count). The monoisotopic (exact) mass is 537 g/mol. The lowest BCUT2D eigenvalue weighted by atomic mass is 10.2. The van der Waals surface area contributed by atoms with Gasteiger partial charge in [-0.3, -0.25) is 9.52 Å². The van der Waals surface area contributed by atoms with Crippen molar-refractivity contribution in [2.45, 2.75) is 31.1 Å². The van der Waals surface area contributed by atoms with E-state index in [1.54, 1.807) is 24.3 Å². The van der Waals surface area contributed by atoms with Gasteiger partial charge in [-0.2, -0.15) is 0 Å². The largest absolute Gasteiger partial charge is 0.332 e. The number of hydrogen-bond acceptors (Lipinski definition) is 4. The third kappa shape index (κ3) is 9.69. The van der Waals surface area contributed by atoms with Crippen molar-refractivity contribution in [1.82, 2.24) is 4.72 Å². The van der Waals surface area contributed by atoms with E-state index in [9.17, 15) is 13.2 Å². The fourth-order valence-corrected chi connectivity index (χ4v) is 4.30. The molecule has 0 aliphatic carbocycles. The van der Waals surface area contributed by atoms with Crippen LogP contribution in [0, 0.1) is 0 Å². The van der Waals surface area contributed by atoms with Crippen molar-refractivity contribution in [3.63, 3.8) is 0 Å². The molecule has 0 heterocycles. The molecule has 0 aromatic heterocycles. The molecule has 0 atom stereocenters. The van der Waals surface area contributed by atoms with Crippen LogP contribution in [0.4, 0.5) is 11.4 Å². The van der Waals surface area contributed by atoms with Crippen LogP contribution in [0.5, 0.6) is 0 Å². The summed E-state index contributed by atoms with van der Waals surface area (Å²) in [6, 6.07) is 22.6. The molecule has 0 saturated heterocycles. The molecular formula is C24H25Cl2N3O3S2. The number of nitrogens with one attached hydrogen (secondary N) is 3. The van der Waals surface area contributed by atoms with Gasteiger partial charge >= 0.3 is 0 Å². The Morgan fingerprint density at radius 3 is 2.06 bits per heavy atom. The summed E-state index contributed by atoms with van der Waals surface area (Å²) >= 11 is 16.8. The first-order valence-electron chi connectivity index (χ1n) is 10.4. The van der Waals surface area contributed by atoms with Crippen molar-refractivity contribution < 1.29 is 13.2 Å². The predicted molar refractivity (Wildman–Crippen MR) is 144 cm³/mol. The maximum absolute atomic E-state index is 12.6. The number of halogens is 2. The summed E-state index contributed by atoms with van der Waals surface area (Å²) < 4.78 is 27.4. The zero-order valence-corrected chi connectivity index (χ0v) is 21.6. The number of amides is 1. The summed E-state index contributed by atoms with van der Waals surface area (Å²) in [6.07, 6.45) is 2.04. The molecule has 6 nitrogen and oxygen atoms in total. The predicted octanol–water partition coefficient (Wildman–Crippen LogP) is 6.48. The summed E-state index contributed by atoms with van der Waals surface area (Å²) in [7, 11) is -3.94. The molecule has 0 unspecified atom stereocenters. The fourth-order valence-electron chi connectivity index (χ4n) is 2.60. The average molecular weight is 539 g/mol. The van der Waals surface area contributed by atoms with Crippen LogP contribution in [0.2, 0.25) is 10.0 Å². The van der Waals surface area contributed by atoms with Gasteiger partial charge in [-0.05, 0) is 55.0 Å². The molecule has 10 heteroatoms. The van der Waals surface area contributed by atoms with Crippen LogP contribution in [-0.4, -0.2) is 19.4 Å². The van der Waals surface area contributed by atoms with Crippen LogP contribution in [0.1, 0.15) is 26.2 Å². The third-order valence-corrected chi connectivity index (χ3v) is 6.68. The summed E-state index contributed by atoms with van der Waals surface area (Å²) in [5, 5.41) is 5.97. The van der Waals surface area contributed by atoms with Gasteiger partial charge in [0.2, 0.25) is 5.91 Å². The van der Waals surface area contributed by atoms with Gasteiger partial charge in [-0.1, -0.05) is 79.0 Å². The van der Waals surface area contributed by atoms with Gasteiger partial charge in [0, 0.05) is 17.8 Å². The Morgan fingerprint density at radius 1 is 0.853 bits per heavy atom. The van der Waals surface area contributed by atoms with Crippen molar-refractivity contribution in [2.24, 2.45) is 0 Å². The highest BCUT2D eigenvalue weighted by molar-refractivity contribution is 7.92. The Bertz CT molecular complexity index is 1180. The normalized spacial score (nSPS) is 10.4. The van der Waals surface area contributed by atoms with Gasteiger partial charge < -0.3 is 10.6 Å². The number of unbranched alkanes of at least 4 members (excludes halogenated alkanes) is 1. The molecule has 180 valence electrons. The molecule has 0 bridgehead atoms. The first-order valence-corrected chi connectivity index (χ1v) is 13.0. The lowest BCUT2D eigenvalue weighted by Crippen LogP contribution is -2.34. The molecule has 1 amide bonds. The smallest absolute Gasteiger partial charge is 0.263 e. The van der Waals surface area contributed by atoms with Gasteiger partial charge in [-0.15, -0.1) is 0 Å². The fraction of sp³-hybridized carbons (Fsp3) is 0.167. The van der Waals surface area contributed by atoms with Crippen LogP contribution in [-0.2, 0) is 14.8 Å². The number of benzene rings is 3. The highest BCUT2D eigenvalue weighted by atomic mass is 35.5. The zero-order chi connectivity index (χ0) is 25.0. The number of thiocarbonyl (C=S) groups is 1. The Morgan fingerprint density at radius 2 is 1.47 bits per heavy atom. The van der Waals surface area contributed by atoms with Crippen LogP contribution >= 0.6 is 35.4 Å². The topological polar surface area (TPSA) is 87.3 Å². The van der Waals surface area contributed by atoms with Crippen LogP contribution in [0.15, 0.2) is 83.8 Å². The van der Waals surface area contributed by atoms with E-state index in [2.05, 4.69) is 15.4 Å². The minimum atomic E-state index is -3.94. The van der Waals surface area contributed by atoms with E-state index in [0.717, 1.165) is 12.8 Å². The molecule has 3 N–H and O–H groups in total. The maximum Gasteiger partial charge on any atom is 0.263 e. The van der Waals surface area contributed by atoms with Crippen molar-refractivity contribution in [1.29, 1.82) is 0 Å². The number of rotatable bonds is 7. The number of carbonyl (C=O) groups is 1. The molecule has 3 aromatic rings. The maximum atomic E-state index is 12.6. The third-order valence-electron chi connectivity index (χ3n) is 4.26. The zero-order valence-electron chi connectivity index (χ0n) is 18.4. The first kappa shape index (κ1) is 27.6. The number of sulfonamides is 1. The second-order valence-corrected chi connectivity index (χ2v) is 9.93. The van der Waals surface area contributed by atoms with Gasteiger partial charge in [0.25, 0.3) is 10.0 Å². The second kappa shape index (κ2) is 13.9. The minimum absolute atomic E-state index is 0.0286. The lowest BCUT2D eigenvalue weighted by Gasteiger charge is -2.13. The van der Waals surface area contributed by atoms with Gasteiger partial charge in [-0.25, -0.2) is 8.42 Å². The van der Waals surface area contributed by atoms with Crippen molar-refractivity contribution in [3.8, 4) is 0 Å². The van der Waals surface area contributed by atoms with Crippen molar-refractivity contribution >= 4 is 67.8 Å². The SMILES string of the molecule is CCCCC(=O)Nc1cccc(S(=O)(=O)NC(=S)Nc2ccc(Cl)c(Cl)c2)c1.c1ccccc1. The Hall–Kier alpha value is -2.65. The number of anilines is 2. The molecule has 0 aliphatic heterocycles. The molecule has 0 aliphatic rings. The molecule has 0 radical (unpaired) electrons. The van der Waals surface area contributed by atoms with E-state index < -0.39 is 10.0 Å². The Labute approximate surface area is 215 Å². The quantitative estimate of drug-likeness (QED) is 0.300. The van der Waals surface area contributed by atoms with Crippen LogP contribution < -0.4 is 15.4 Å². The highest BCUT2D eigenvalue weighted by Gasteiger charge is 2.17. The molecule has 0 saturated carbocycles. The van der Waals surface area contributed by atoms with E-state index >= 15 is 0 Å². The van der Waals surface area contributed by atoms with E-state index in [0.29, 0.717) is 27.8 Å². The van der Waals surface area contributed by atoms with Crippen LogP contribution in [0.25, 0.3) is 0 Å². The number of hydrogen-bond donors (Lipinski definition) is 3. The second-order valence-electron chi connectivity index (χ2n) is 7.02. The first-order chi connectivity index (χ1) is 16.2. The summed E-state index contributed by atoms with van der Waals surface area (Å²) in [5.41, 5.74) is 0.881. The van der Waals surface area contributed by atoms with Crippen molar-refractivity contribution in [2.75, 3.05) is 10.6 Å². The van der Waals surface area contributed by atoms with Crippen molar-refractivity contribution in [3.05, 3.63) is 88.9 Å². The molecule has 0 fully saturated rings. The van der Waals surface area contributed by atoms with E-state index in [1.807, 2.05) is 43.3 Å². The van der Waals surface area contributed by atoms with Gasteiger partial charge in [0.05, 0.1) is 14.9 Å². The number of carbonyl (C=O) groups excluding carboxylic acids is 1. The molecule has 0 spiro atoms. The van der Waals surface area contributed by atoms with E-state index in [4.69, 9.17) is 35.4 Å². The Kier molecular flexibility index (Phi) is 11.3. The Balaban J connectivity index is 0.000000589. The minimum Gasteiger partial charge on any atom is -0.332 e. The molecular weight excluding hydrogens is 513 g/mol. The summed E-state index contributed by atoms with van der Waals surface area (Å²) in [4.78, 5) is 11.8. The lowest BCUT2D eigenvalue weighted by molar-refractivity contribution is -0.116. The van der Waals surface area contributed by atoms with E-state index in [-0.39, 0.29) is 15.9 Å².